The molecule has 0 radical (unpaired) electrons. The molecule has 9 aromatic carbocycles. The van der Waals surface area contributed by atoms with Crippen molar-refractivity contribution in [1.29, 1.82) is 0 Å². The Hall–Kier alpha value is -7.16. The highest BCUT2D eigenvalue weighted by Gasteiger charge is 2.21. The van der Waals surface area contributed by atoms with Crippen LogP contribution in [0.2, 0.25) is 0 Å². The molecular formula is C52H35NO. The van der Waals surface area contributed by atoms with Crippen LogP contribution in [-0.4, -0.2) is 0 Å². The average Bonchev–Trinajstić information content (AvgIpc) is 3.60. The predicted octanol–water partition coefficient (Wildman–Crippen LogP) is 14.9. The van der Waals surface area contributed by atoms with Crippen LogP contribution in [0.5, 0.6) is 0 Å². The summed E-state index contributed by atoms with van der Waals surface area (Å²) in [6.07, 6.45) is 0. The van der Waals surface area contributed by atoms with Crippen molar-refractivity contribution >= 4 is 49.8 Å². The minimum Gasteiger partial charge on any atom is -0.456 e. The molecule has 0 spiro atoms. The van der Waals surface area contributed by atoms with Gasteiger partial charge in [-0.05, 0) is 98.2 Å². The summed E-state index contributed by atoms with van der Waals surface area (Å²) in [7, 11) is 0. The molecule has 0 aliphatic heterocycles. The molecule has 0 saturated carbocycles. The number of hydrogen-bond acceptors (Lipinski definition) is 2. The summed E-state index contributed by atoms with van der Waals surface area (Å²) >= 11 is 0. The van der Waals surface area contributed by atoms with E-state index in [9.17, 15) is 0 Å². The van der Waals surface area contributed by atoms with Crippen LogP contribution in [0.3, 0.4) is 0 Å². The highest BCUT2D eigenvalue weighted by atomic mass is 16.3. The van der Waals surface area contributed by atoms with Gasteiger partial charge in [-0.2, -0.15) is 0 Å². The molecule has 10 rings (SSSR count). The number of nitrogens with zero attached hydrogens (tertiary/aromatic N) is 1. The first-order chi connectivity index (χ1) is 26.7. The van der Waals surface area contributed by atoms with Gasteiger partial charge in [0.25, 0.3) is 0 Å². The Bertz CT molecular complexity index is 2880. The zero-order valence-electron chi connectivity index (χ0n) is 29.6. The van der Waals surface area contributed by atoms with Gasteiger partial charge in [0.05, 0.1) is 5.69 Å². The van der Waals surface area contributed by atoms with Crippen molar-refractivity contribution in [3.8, 4) is 44.5 Å². The fourth-order valence-electron chi connectivity index (χ4n) is 7.68. The summed E-state index contributed by atoms with van der Waals surface area (Å²) in [6.45, 7) is 0. The maximum atomic E-state index is 6.62. The van der Waals surface area contributed by atoms with E-state index in [2.05, 4.69) is 217 Å². The molecular weight excluding hydrogens is 655 g/mol. The monoisotopic (exact) mass is 689 g/mol. The molecule has 1 aromatic heterocycles. The average molecular weight is 690 g/mol. The van der Waals surface area contributed by atoms with Gasteiger partial charge in [0.15, 0.2) is 0 Å². The van der Waals surface area contributed by atoms with Crippen molar-refractivity contribution in [2.45, 2.75) is 0 Å². The van der Waals surface area contributed by atoms with Crippen LogP contribution in [0.15, 0.2) is 217 Å². The lowest BCUT2D eigenvalue weighted by atomic mass is 9.97. The standard InChI is InChI=1S/C52H35NO/c1-4-12-36(13-5-1)38-20-22-39(23-21-38)41-26-30-46(31-27-41)53(45-28-24-40(25-29-45)37-14-6-2-7-15-37)50-34-49-48-32-43-18-10-11-19-44(43)33-51(48)54-52(49)35-47(50)42-16-8-3-9-17-42/h1-35H. The fourth-order valence-corrected chi connectivity index (χ4v) is 7.68. The van der Waals surface area contributed by atoms with E-state index in [1.54, 1.807) is 0 Å². The number of rotatable bonds is 7. The summed E-state index contributed by atoms with van der Waals surface area (Å²) in [5, 5.41) is 4.56. The van der Waals surface area contributed by atoms with Gasteiger partial charge in [-0.25, -0.2) is 0 Å². The molecule has 54 heavy (non-hydrogen) atoms. The highest BCUT2D eigenvalue weighted by Crippen LogP contribution is 2.46. The van der Waals surface area contributed by atoms with Crippen molar-refractivity contribution in [2.75, 3.05) is 4.90 Å². The van der Waals surface area contributed by atoms with E-state index in [1.165, 1.54) is 44.2 Å². The van der Waals surface area contributed by atoms with E-state index < -0.39 is 0 Å². The third kappa shape index (κ3) is 5.81. The van der Waals surface area contributed by atoms with Crippen molar-refractivity contribution in [2.24, 2.45) is 0 Å². The van der Waals surface area contributed by atoms with Gasteiger partial charge >= 0.3 is 0 Å². The lowest BCUT2D eigenvalue weighted by Crippen LogP contribution is -2.11. The molecule has 0 atom stereocenters. The van der Waals surface area contributed by atoms with Crippen molar-refractivity contribution in [3.05, 3.63) is 212 Å². The molecule has 0 bridgehead atoms. The molecule has 1 heterocycles. The maximum absolute atomic E-state index is 6.62. The van der Waals surface area contributed by atoms with Gasteiger partial charge < -0.3 is 9.32 Å². The Morgan fingerprint density at radius 2 is 0.667 bits per heavy atom. The molecule has 0 aliphatic carbocycles. The van der Waals surface area contributed by atoms with Crippen molar-refractivity contribution < 1.29 is 4.42 Å². The van der Waals surface area contributed by atoms with Crippen molar-refractivity contribution in [3.63, 3.8) is 0 Å². The zero-order chi connectivity index (χ0) is 35.8. The SMILES string of the molecule is c1ccc(-c2ccc(-c3ccc(N(c4ccc(-c5ccccc5)cc4)c4cc5c(cc4-c4ccccc4)oc4cc6ccccc6cc45)cc3)cc2)cc1. The minimum atomic E-state index is 0.872. The Balaban J connectivity index is 1.14. The highest BCUT2D eigenvalue weighted by molar-refractivity contribution is 6.13. The number of benzene rings is 9. The molecule has 0 aliphatic rings. The number of hydrogen-bond donors (Lipinski definition) is 0. The summed E-state index contributed by atoms with van der Waals surface area (Å²) in [5.41, 5.74) is 14.4. The molecule has 2 heteroatoms. The van der Waals surface area contributed by atoms with Crippen LogP contribution in [-0.2, 0) is 0 Å². The molecule has 10 aromatic rings. The number of furan rings is 1. The summed E-state index contributed by atoms with van der Waals surface area (Å²) < 4.78 is 6.62. The van der Waals surface area contributed by atoms with Crippen LogP contribution < -0.4 is 4.90 Å². The second-order valence-corrected chi connectivity index (χ2v) is 13.8. The Morgan fingerprint density at radius 3 is 1.17 bits per heavy atom. The smallest absolute Gasteiger partial charge is 0.136 e. The summed E-state index contributed by atoms with van der Waals surface area (Å²) in [6, 6.07) is 75.9. The van der Waals surface area contributed by atoms with E-state index in [0.717, 1.165) is 50.1 Å². The van der Waals surface area contributed by atoms with Crippen LogP contribution in [0.1, 0.15) is 0 Å². The Kier molecular flexibility index (Phi) is 7.85. The summed E-state index contributed by atoms with van der Waals surface area (Å²) in [4.78, 5) is 2.39. The van der Waals surface area contributed by atoms with E-state index in [1.807, 2.05) is 0 Å². The second-order valence-electron chi connectivity index (χ2n) is 13.8. The maximum Gasteiger partial charge on any atom is 0.136 e. The molecule has 0 saturated heterocycles. The van der Waals surface area contributed by atoms with Crippen LogP contribution in [0.4, 0.5) is 17.1 Å². The predicted molar refractivity (Wildman–Crippen MR) is 228 cm³/mol. The number of anilines is 3. The Morgan fingerprint density at radius 1 is 0.296 bits per heavy atom. The van der Waals surface area contributed by atoms with E-state index in [-0.39, 0.29) is 0 Å². The minimum absolute atomic E-state index is 0.872. The zero-order valence-corrected chi connectivity index (χ0v) is 29.6. The number of fused-ring (bicyclic) bond motifs is 4. The molecule has 0 amide bonds. The topological polar surface area (TPSA) is 16.4 Å². The third-order valence-electron chi connectivity index (χ3n) is 10.5. The Labute approximate surface area is 314 Å². The first kappa shape index (κ1) is 31.6. The lowest BCUT2D eigenvalue weighted by Gasteiger charge is -2.28. The lowest BCUT2D eigenvalue weighted by molar-refractivity contribution is 0.669. The second kappa shape index (κ2) is 13.4. The first-order valence-electron chi connectivity index (χ1n) is 18.4. The van der Waals surface area contributed by atoms with E-state index in [0.29, 0.717) is 0 Å². The summed E-state index contributed by atoms with van der Waals surface area (Å²) in [5.74, 6) is 0. The molecule has 0 unspecified atom stereocenters. The van der Waals surface area contributed by atoms with Gasteiger partial charge in [0.1, 0.15) is 11.2 Å². The van der Waals surface area contributed by atoms with Gasteiger partial charge in [-0.3, -0.25) is 0 Å². The van der Waals surface area contributed by atoms with E-state index >= 15 is 0 Å². The molecule has 0 N–H and O–H groups in total. The van der Waals surface area contributed by atoms with Gasteiger partial charge in [0, 0.05) is 27.7 Å². The van der Waals surface area contributed by atoms with Gasteiger partial charge in [0.2, 0.25) is 0 Å². The quantitative estimate of drug-likeness (QED) is 0.166. The first-order valence-corrected chi connectivity index (χ1v) is 18.4. The van der Waals surface area contributed by atoms with Crippen LogP contribution >= 0.6 is 0 Å². The molecule has 2 nitrogen and oxygen atoms in total. The largest absolute Gasteiger partial charge is 0.456 e. The van der Waals surface area contributed by atoms with Crippen LogP contribution in [0.25, 0.3) is 77.2 Å². The third-order valence-corrected chi connectivity index (χ3v) is 10.5. The fraction of sp³-hybridized carbons (Fsp3) is 0. The van der Waals surface area contributed by atoms with Gasteiger partial charge in [-0.15, -0.1) is 0 Å². The molecule has 0 fully saturated rings. The normalized spacial score (nSPS) is 11.3. The molecule has 254 valence electrons. The van der Waals surface area contributed by atoms with Crippen molar-refractivity contribution in [1.82, 2.24) is 0 Å². The van der Waals surface area contributed by atoms with Crippen LogP contribution in [0, 0.1) is 0 Å². The van der Waals surface area contributed by atoms with E-state index in [4.69, 9.17) is 4.42 Å². The van der Waals surface area contributed by atoms with Gasteiger partial charge in [-0.1, -0.05) is 164 Å².